The molecular formula is C21H16F2N4O. The molecule has 0 saturated carbocycles. The van der Waals surface area contributed by atoms with E-state index >= 15 is 0 Å². The third kappa shape index (κ3) is 3.22. The van der Waals surface area contributed by atoms with Crippen LogP contribution in [0.15, 0.2) is 54.6 Å². The molecule has 0 unspecified atom stereocenters. The second kappa shape index (κ2) is 6.84. The molecule has 2 aromatic heterocycles. The van der Waals surface area contributed by atoms with Crippen LogP contribution in [0.3, 0.4) is 0 Å². The Bertz CT molecular complexity index is 1180. The van der Waals surface area contributed by atoms with Crippen molar-refractivity contribution in [2.75, 3.05) is 5.32 Å². The van der Waals surface area contributed by atoms with Crippen LogP contribution >= 0.6 is 0 Å². The molecule has 0 spiro atoms. The first-order valence-electron chi connectivity index (χ1n) is 8.59. The van der Waals surface area contributed by atoms with E-state index < -0.39 is 17.5 Å². The second-order valence-electron chi connectivity index (χ2n) is 6.44. The lowest BCUT2D eigenvalue weighted by molar-refractivity contribution is 0.102. The number of pyridine rings is 1. The van der Waals surface area contributed by atoms with Crippen LogP contribution in [0.4, 0.5) is 14.5 Å². The number of amides is 1. The summed E-state index contributed by atoms with van der Waals surface area (Å²) in [5.41, 5.74) is 3.00. The molecule has 0 radical (unpaired) electrons. The van der Waals surface area contributed by atoms with Crippen molar-refractivity contribution in [3.05, 3.63) is 77.5 Å². The summed E-state index contributed by atoms with van der Waals surface area (Å²) in [5.74, 6) is -2.03. The molecule has 1 N–H and O–H groups in total. The minimum Gasteiger partial charge on any atom is -0.322 e. The van der Waals surface area contributed by atoms with E-state index in [2.05, 4.69) is 15.4 Å². The van der Waals surface area contributed by atoms with Gasteiger partial charge in [0.05, 0.1) is 22.3 Å². The molecule has 140 valence electrons. The maximum Gasteiger partial charge on any atom is 0.256 e. The topological polar surface area (TPSA) is 59.8 Å². The Kier molecular flexibility index (Phi) is 4.35. The molecule has 0 fully saturated rings. The molecule has 0 aliphatic rings. The van der Waals surface area contributed by atoms with Gasteiger partial charge in [-0.15, -0.1) is 0 Å². The number of carbonyl (C=O) groups excluding carboxylic acids is 1. The van der Waals surface area contributed by atoms with Gasteiger partial charge in [-0.3, -0.25) is 9.48 Å². The summed E-state index contributed by atoms with van der Waals surface area (Å²) in [5, 5.41) is 7.51. The molecule has 28 heavy (non-hydrogen) atoms. The van der Waals surface area contributed by atoms with Gasteiger partial charge in [0.15, 0.2) is 5.65 Å². The van der Waals surface area contributed by atoms with Gasteiger partial charge in [0.2, 0.25) is 0 Å². The fourth-order valence-corrected chi connectivity index (χ4v) is 3.21. The molecule has 1 amide bonds. The summed E-state index contributed by atoms with van der Waals surface area (Å²) < 4.78 is 28.6. The van der Waals surface area contributed by atoms with Crippen LogP contribution in [-0.2, 0) is 7.05 Å². The van der Waals surface area contributed by atoms with Crippen LogP contribution in [0.2, 0.25) is 0 Å². The van der Waals surface area contributed by atoms with Crippen LogP contribution in [-0.4, -0.2) is 20.7 Å². The highest BCUT2D eigenvalue weighted by molar-refractivity contribution is 6.13. The van der Waals surface area contributed by atoms with E-state index in [0.29, 0.717) is 28.0 Å². The molecule has 4 rings (SSSR count). The number of fused-ring (bicyclic) bond motifs is 1. The number of nitrogens with one attached hydrogen (secondary N) is 1. The average Bonchev–Trinajstić information content (AvgIpc) is 2.95. The third-order valence-electron chi connectivity index (χ3n) is 4.40. The Hall–Kier alpha value is -3.61. The Morgan fingerprint density at radius 2 is 1.71 bits per heavy atom. The van der Waals surface area contributed by atoms with Crippen molar-refractivity contribution in [2.45, 2.75) is 6.92 Å². The second-order valence-corrected chi connectivity index (χ2v) is 6.44. The van der Waals surface area contributed by atoms with Crippen molar-refractivity contribution in [1.29, 1.82) is 0 Å². The quantitative estimate of drug-likeness (QED) is 0.572. The monoisotopic (exact) mass is 378 g/mol. The molecule has 2 aromatic carbocycles. The lowest BCUT2D eigenvalue weighted by Crippen LogP contribution is -2.13. The van der Waals surface area contributed by atoms with Crippen LogP contribution in [0.5, 0.6) is 0 Å². The fourth-order valence-electron chi connectivity index (χ4n) is 3.21. The largest absolute Gasteiger partial charge is 0.322 e. The van der Waals surface area contributed by atoms with Gasteiger partial charge in [-0.05, 0) is 25.1 Å². The Morgan fingerprint density at radius 3 is 2.39 bits per heavy atom. The first kappa shape index (κ1) is 17.8. The highest BCUT2D eigenvalue weighted by atomic mass is 19.1. The normalized spacial score (nSPS) is 11.0. The van der Waals surface area contributed by atoms with E-state index in [1.54, 1.807) is 24.7 Å². The number of rotatable bonds is 3. The average molecular weight is 378 g/mol. The fraction of sp³-hybridized carbons (Fsp3) is 0.0952. The van der Waals surface area contributed by atoms with Gasteiger partial charge in [0.1, 0.15) is 11.6 Å². The first-order chi connectivity index (χ1) is 13.4. The van der Waals surface area contributed by atoms with Crippen LogP contribution in [0.1, 0.15) is 16.1 Å². The molecule has 0 bridgehead atoms. The maximum atomic E-state index is 13.5. The smallest absolute Gasteiger partial charge is 0.256 e. The Balaban J connectivity index is 1.85. The van der Waals surface area contributed by atoms with Crippen molar-refractivity contribution in [2.24, 2.45) is 7.05 Å². The van der Waals surface area contributed by atoms with Crippen LogP contribution < -0.4 is 5.32 Å². The number of carbonyl (C=O) groups is 1. The number of halogens is 2. The zero-order valence-corrected chi connectivity index (χ0v) is 15.2. The van der Waals surface area contributed by atoms with E-state index in [9.17, 15) is 13.6 Å². The van der Waals surface area contributed by atoms with Gasteiger partial charge >= 0.3 is 0 Å². The van der Waals surface area contributed by atoms with Gasteiger partial charge in [0, 0.05) is 24.4 Å². The van der Waals surface area contributed by atoms with E-state index in [1.807, 2.05) is 30.3 Å². The molecule has 0 atom stereocenters. The molecule has 5 nitrogen and oxygen atoms in total. The standard InChI is InChI=1S/C21H16F2N4O/c1-12-19-17(21(28)24-16-9-14(22)8-15(23)10-16)11-18(13-6-4-3-5-7-13)25-20(19)27(2)26-12/h3-11H,1-2H3,(H,24,28). The number of anilines is 1. The van der Waals surface area contributed by atoms with Gasteiger partial charge in [0.25, 0.3) is 5.91 Å². The number of nitrogens with zero attached hydrogens (tertiary/aromatic N) is 3. The maximum absolute atomic E-state index is 13.5. The van der Waals surface area contributed by atoms with Gasteiger partial charge in [-0.25, -0.2) is 13.8 Å². The van der Waals surface area contributed by atoms with Crippen molar-refractivity contribution in [1.82, 2.24) is 14.8 Å². The summed E-state index contributed by atoms with van der Waals surface area (Å²) in [6, 6.07) is 14.0. The van der Waals surface area contributed by atoms with Crippen molar-refractivity contribution in [3.63, 3.8) is 0 Å². The predicted octanol–water partition coefficient (Wildman–Crippen LogP) is 4.47. The van der Waals surface area contributed by atoms with E-state index in [4.69, 9.17) is 0 Å². The molecule has 0 aliphatic carbocycles. The summed E-state index contributed by atoms with van der Waals surface area (Å²) >= 11 is 0. The summed E-state index contributed by atoms with van der Waals surface area (Å²) in [6.45, 7) is 1.78. The Morgan fingerprint density at radius 1 is 1.04 bits per heavy atom. The predicted molar refractivity (Wildman–Crippen MR) is 103 cm³/mol. The SMILES string of the molecule is Cc1nn(C)c2nc(-c3ccccc3)cc(C(=O)Nc3cc(F)cc(F)c3)c12. The zero-order chi connectivity index (χ0) is 19.8. The zero-order valence-electron chi connectivity index (χ0n) is 15.2. The number of aromatic nitrogens is 3. The lowest BCUT2D eigenvalue weighted by Gasteiger charge is -2.10. The molecule has 7 heteroatoms. The third-order valence-corrected chi connectivity index (χ3v) is 4.40. The van der Waals surface area contributed by atoms with E-state index in [1.165, 1.54) is 0 Å². The van der Waals surface area contributed by atoms with Crippen molar-refractivity contribution in [3.8, 4) is 11.3 Å². The van der Waals surface area contributed by atoms with E-state index in [-0.39, 0.29) is 5.69 Å². The molecule has 2 heterocycles. The van der Waals surface area contributed by atoms with Crippen LogP contribution in [0, 0.1) is 18.6 Å². The summed E-state index contributed by atoms with van der Waals surface area (Å²) in [7, 11) is 1.75. The molecule has 4 aromatic rings. The number of hydrogen-bond donors (Lipinski definition) is 1. The highest BCUT2D eigenvalue weighted by Crippen LogP contribution is 2.27. The van der Waals surface area contributed by atoms with E-state index in [0.717, 1.165) is 23.8 Å². The first-order valence-corrected chi connectivity index (χ1v) is 8.59. The molecule has 0 saturated heterocycles. The minimum atomic E-state index is -0.766. The lowest BCUT2D eigenvalue weighted by atomic mass is 10.0. The van der Waals surface area contributed by atoms with Gasteiger partial charge in [-0.1, -0.05) is 30.3 Å². The summed E-state index contributed by atoms with van der Waals surface area (Å²) in [4.78, 5) is 17.6. The number of aryl methyl sites for hydroxylation is 2. The number of hydrogen-bond acceptors (Lipinski definition) is 3. The van der Waals surface area contributed by atoms with Gasteiger partial charge in [-0.2, -0.15) is 5.10 Å². The summed E-state index contributed by atoms with van der Waals surface area (Å²) in [6.07, 6.45) is 0. The Labute approximate surface area is 159 Å². The molecule has 0 aliphatic heterocycles. The van der Waals surface area contributed by atoms with Crippen LogP contribution in [0.25, 0.3) is 22.3 Å². The van der Waals surface area contributed by atoms with Crippen molar-refractivity contribution < 1.29 is 13.6 Å². The molecular weight excluding hydrogens is 362 g/mol. The van der Waals surface area contributed by atoms with Crippen molar-refractivity contribution >= 4 is 22.6 Å². The highest BCUT2D eigenvalue weighted by Gasteiger charge is 2.19. The minimum absolute atomic E-state index is 0.0373. The van der Waals surface area contributed by atoms with Gasteiger partial charge < -0.3 is 5.32 Å². The number of benzene rings is 2.